The number of aliphatic imine (C=N–C) groups is 1. The third-order valence-electron chi connectivity index (χ3n) is 0.765. The first-order valence-corrected chi connectivity index (χ1v) is 2.54. The quantitative estimate of drug-likeness (QED) is 0.401. The van der Waals surface area contributed by atoms with E-state index in [9.17, 15) is 0 Å². The third kappa shape index (κ3) is 3.61. The van der Waals surface area contributed by atoms with Crippen molar-refractivity contribution in [1.82, 2.24) is 4.90 Å². The largest absolute Gasteiger partial charge is 0.395 e. The van der Waals surface area contributed by atoms with Crippen LogP contribution >= 0.6 is 0 Å². The lowest BCUT2D eigenvalue weighted by molar-refractivity contribution is 0.266. The molecule has 1 N–H and O–H groups in total. The summed E-state index contributed by atoms with van der Waals surface area (Å²) in [4.78, 5) is 5.56. The van der Waals surface area contributed by atoms with Gasteiger partial charge < -0.3 is 10.0 Å². The standard InChI is InChI=1S/C5H12N2O/c1-6-5-7(2)3-4-8/h5,8H,3-4H2,1-2H3. The minimum Gasteiger partial charge on any atom is -0.395 e. The van der Waals surface area contributed by atoms with Gasteiger partial charge in [-0.15, -0.1) is 0 Å². The molecule has 0 aromatic rings. The normalized spacial score (nSPS) is 10.4. The van der Waals surface area contributed by atoms with Crippen LogP contribution in [0.3, 0.4) is 0 Å². The predicted octanol–water partition coefficient (Wildman–Crippen LogP) is -0.431. The monoisotopic (exact) mass is 116 g/mol. The van der Waals surface area contributed by atoms with Crippen LogP contribution in [0.2, 0.25) is 0 Å². The lowest BCUT2D eigenvalue weighted by Gasteiger charge is -2.08. The summed E-state index contributed by atoms with van der Waals surface area (Å²) in [5, 5.41) is 8.36. The summed E-state index contributed by atoms with van der Waals surface area (Å²) in [6.45, 7) is 0.833. The summed E-state index contributed by atoms with van der Waals surface area (Å²) in [6, 6.07) is 0. The van der Waals surface area contributed by atoms with E-state index in [1.54, 1.807) is 13.4 Å². The van der Waals surface area contributed by atoms with Crippen molar-refractivity contribution >= 4 is 6.34 Å². The average Bonchev–Trinajstić information content (AvgIpc) is 1.68. The van der Waals surface area contributed by atoms with Crippen LogP contribution in [-0.4, -0.2) is 43.6 Å². The van der Waals surface area contributed by atoms with Gasteiger partial charge in [0.25, 0.3) is 0 Å². The fraction of sp³-hybridized carbons (Fsp3) is 0.800. The fourth-order valence-corrected chi connectivity index (χ4v) is 0.413. The zero-order chi connectivity index (χ0) is 6.41. The Kier molecular flexibility index (Phi) is 4.26. The van der Waals surface area contributed by atoms with Crippen LogP contribution in [0.15, 0.2) is 4.99 Å². The van der Waals surface area contributed by atoms with Crippen LogP contribution in [-0.2, 0) is 0 Å². The Balaban J connectivity index is 3.17. The second kappa shape index (κ2) is 4.59. The molecular weight excluding hydrogens is 104 g/mol. The highest BCUT2D eigenvalue weighted by Crippen LogP contribution is 1.71. The van der Waals surface area contributed by atoms with E-state index in [2.05, 4.69) is 4.99 Å². The molecule has 0 radical (unpaired) electrons. The summed E-state index contributed by atoms with van der Waals surface area (Å²) in [5.41, 5.74) is 0. The summed E-state index contributed by atoms with van der Waals surface area (Å²) in [5.74, 6) is 0. The van der Waals surface area contributed by atoms with E-state index in [1.165, 1.54) is 0 Å². The van der Waals surface area contributed by atoms with Crippen molar-refractivity contribution in [2.75, 3.05) is 27.2 Å². The van der Waals surface area contributed by atoms with Gasteiger partial charge in [0.2, 0.25) is 0 Å². The number of hydrogen-bond donors (Lipinski definition) is 1. The maximum Gasteiger partial charge on any atom is 0.0844 e. The summed E-state index contributed by atoms with van der Waals surface area (Å²) in [7, 11) is 3.57. The zero-order valence-corrected chi connectivity index (χ0v) is 5.33. The lowest BCUT2D eigenvalue weighted by Crippen LogP contribution is -2.19. The first kappa shape index (κ1) is 7.43. The molecule has 3 heteroatoms. The van der Waals surface area contributed by atoms with Gasteiger partial charge in [-0.2, -0.15) is 0 Å². The molecule has 0 saturated heterocycles. The molecule has 0 heterocycles. The Morgan fingerprint density at radius 1 is 1.75 bits per heavy atom. The van der Waals surface area contributed by atoms with Gasteiger partial charge in [0.05, 0.1) is 12.9 Å². The van der Waals surface area contributed by atoms with Crippen molar-refractivity contribution in [1.29, 1.82) is 0 Å². The van der Waals surface area contributed by atoms with Crippen molar-refractivity contribution in [3.05, 3.63) is 0 Å². The van der Waals surface area contributed by atoms with E-state index in [4.69, 9.17) is 5.11 Å². The second-order valence-electron chi connectivity index (χ2n) is 1.58. The van der Waals surface area contributed by atoms with Crippen molar-refractivity contribution in [3.8, 4) is 0 Å². The highest BCUT2D eigenvalue weighted by molar-refractivity contribution is 5.53. The number of nitrogens with zero attached hydrogens (tertiary/aromatic N) is 2. The molecule has 0 rings (SSSR count). The fourth-order valence-electron chi connectivity index (χ4n) is 0.413. The van der Waals surface area contributed by atoms with E-state index < -0.39 is 0 Å². The van der Waals surface area contributed by atoms with Crippen LogP contribution in [0, 0.1) is 0 Å². The third-order valence-corrected chi connectivity index (χ3v) is 0.765. The molecular formula is C5H12N2O. The Morgan fingerprint density at radius 2 is 2.38 bits per heavy atom. The van der Waals surface area contributed by atoms with E-state index in [-0.39, 0.29) is 6.61 Å². The molecule has 0 amide bonds. The number of aliphatic hydroxyl groups excluding tert-OH is 1. The molecule has 48 valence electrons. The van der Waals surface area contributed by atoms with Crippen LogP contribution in [0.1, 0.15) is 0 Å². The smallest absolute Gasteiger partial charge is 0.0844 e. The molecule has 0 unspecified atom stereocenters. The van der Waals surface area contributed by atoms with Gasteiger partial charge in [-0.1, -0.05) is 0 Å². The number of hydrogen-bond acceptors (Lipinski definition) is 2. The molecule has 0 aliphatic heterocycles. The second-order valence-corrected chi connectivity index (χ2v) is 1.58. The topological polar surface area (TPSA) is 35.8 Å². The Labute approximate surface area is 49.6 Å². The molecule has 0 atom stereocenters. The van der Waals surface area contributed by atoms with Gasteiger partial charge in [0.15, 0.2) is 0 Å². The number of rotatable bonds is 3. The predicted molar refractivity (Wildman–Crippen MR) is 34.1 cm³/mol. The molecule has 0 bridgehead atoms. The highest BCUT2D eigenvalue weighted by Gasteiger charge is 1.84. The first-order valence-electron chi connectivity index (χ1n) is 2.54. The van der Waals surface area contributed by atoms with Crippen LogP contribution in [0.4, 0.5) is 0 Å². The van der Waals surface area contributed by atoms with Gasteiger partial charge in [-0.05, 0) is 0 Å². The molecule has 0 aliphatic carbocycles. The van der Waals surface area contributed by atoms with Gasteiger partial charge in [-0.25, -0.2) is 0 Å². The van der Waals surface area contributed by atoms with Gasteiger partial charge >= 0.3 is 0 Å². The van der Waals surface area contributed by atoms with E-state index in [1.807, 2.05) is 11.9 Å². The van der Waals surface area contributed by atoms with Crippen LogP contribution < -0.4 is 0 Å². The van der Waals surface area contributed by atoms with Gasteiger partial charge in [-0.3, -0.25) is 4.99 Å². The lowest BCUT2D eigenvalue weighted by atomic mass is 10.6. The Morgan fingerprint density at radius 3 is 2.75 bits per heavy atom. The SMILES string of the molecule is CN=CN(C)CCO. The van der Waals surface area contributed by atoms with E-state index in [0.717, 1.165) is 0 Å². The molecule has 0 aromatic heterocycles. The zero-order valence-electron chi connectivity index (χ0n) is 5.33. The average molecular weight is 116 g/mol. The minimum atomic E-state index is 0.183. The molecule has 8 heavy (non-hydrogen) atoms. The van der Waals surface area contributed by atoms with Crippen LogP contribution in [0.25, 0.3) is 0 Å². The number of aliphatic hydroxyl groups is 1. The Bertz CT molecular complexity index is 72.8. The Hall–Kier alpha value is -0.570. The van der Waals surface area contributed by atoms with Crippen molar-refractivity contribution in [3.63, 3.8) is 0 Å². The summed E-state index contributed by atoms with van der Waals surface area (Å²) >= 11 is 0. The van der Waals surface area contributed by atoms with E-state index >= 15 is 0 Å². The minimum absolute atomic E-state index is 0.183. The van der Waals surface area contributed by atoms with Crippen molar-refractivity contribution in [2.24, 2.45) is 4.99 Å². The molecule has 0 fully saturated rings. The first-order chi connectivity index (χ1) is 3.81. The van der Waals surface area contributed by atoms with Crippen molar-refractivity contribution in [2.45, 2.75) is 0 Å². The highest BCUT2D eigenvalue weighted by atomic mass is 16.3. The molecule has 3 nitrogen and oxygen atoms in total. The van der Waals surface area contributed by atoms with Crippen LogP contribution in [0.5, 0.6) is 0 Å². The molecule has 0 aliphatic rings. The molecule has 0 saturated carbocycles. The van der Waals surface area contributed by atoms with Gasteiger partial charge in [0.1, 0.15) is 0 Å². The van der Waals surface area contributed by atoms with E-state index in [0.29, 0.717) is 6.54 Å². The summed E-state index contributed by atoms with van der Waals surface area (Å²) in [6.07, 6.45) is 1.68. The maximum absolute atomic E-state index is 8.36. The summed E-state index contributed by atoms with van der Waals surface area (Å²) < 4.78 is 0. The van der Waals surface area contributed by atoms with Gasteiger partial charge in [0, 0.05) is 20.6 Å². The maximum atomic E-state index is 8.36. The van der Waals surface area contributed by atoms with Crippen molar-refractivity contribution < 1.29 is 5.11 Å². The molecule has 0 aromatic carbocycles. The molecule has 0 spiro atoms. The number of likely N-dealkylation sites (N-methyl/N-ethyl adjacent to an activating group) is 1.